The number of hydrogen-bond donors (Lipinski definition) is 1. The molecule has 0 amide bonds. The molecule has 0 unspecified atom stereocenters. The van der Waals surface area contributed by atoms with Crippen molar-refractivity contribution in [3.63, 3.8) is 0 Å². The van der Waals surface area contributed by atoms with Gasteiger partial charge >= 0.3 is 0 Å². The molecule has 0 aliphatic carbocycles. The number of nitro benzene ring substituents is 1. The number of nitrogens with zero attached hydrogens (tertiary/aromatic N) is 3. The molecule has 23 heavy (non-hydrogen) atoms. The first-order chi connectivity index (χ1) is 11.2. The smallest absolute Gasteiger partial charge is 0.293 e. The van der Waals surface area contributed by atoms with Gasteiger partial charge in [-0.2, -0.15) is 0 Å². The summed E-state index contributed by atoms with van der Waals surface area (Å²) in [5, 5.41) is 13.1. The molecule has 1 saturated heterocycles. The molecule has 2 aromatic rings. The fourth-order valence-electron chi connectivity index (χ4n) is 2.83. The second-order valence-electron chi connectivity index (χ2n) is 5.57. The predicted octanol–water partition coefficient (Wildman–Crippen LogP) is 2.42. The molecule has 0 radical (unpaired) electrons. The Labute approximate surface area is 135 Å². The molecular formula is C17H20N4O2. The highest BCUT2D eigenvalue weighted by molar-refractivity contribution is 5.62. The van der Waals surface area contributed by atoms with Crippen LogP contribution in [0.15, 0.2) is 54.6 Å². The first kappa shape index (κ1) is 15.5. The quantitative estimate of drug-likeness (QED) is 0.694. The summed E-state index contributed by atoms with van der Waals surface area (Å²) >= 11 is 0. The number of hydrazine groups is 1. The molecule has 0 saturated carbocycles. The van der Waals surface area contributed by atoms with Gasteiger partial charge in [-0.15, -0.1) is 0 Å². The zero-order chi connectivity index (χ0) is 16.1. The van der Waals surface area contributed by atoms with Gasteiger partial charge in [0.1, 0.15) is 5.69 Å². The fraction of sp³-hybridized carbons (Fsp3) is 0.294. The fourth-order valence-corrected chi connectivity index (χ4v) is 2.83. The molecule has 2 aromatic carbocycles. The maximum absolute atomic E-state index is 11.2. The summed E-state index contributed by atoms with van der Waals surface area (Å²) in [5.41, 5.74) is 5.34. The van der Waals surface area contributed by atoms with Crippen LogP contribution < -0.4 is 10.4 Å². The van der Waals surface area contributed by atoms with Crippen LogP contribution in [0.1, 0.15) is 5.56 Å². The number of benzene rings is 2. The summed E-state index contributed by atoms with van der Waals surface area (Å²) in [6, 6.07) is 17.2. The van der Waals surface area contributed by atoms with Crippen LogP contribution in [0.3, 0.4) is 0 Å². The maximum Gasteiger partial charge on any atom is 0.293 e. The minimum Gasteiger partial charge on any atom is -0.301 e. The van der Waals surface area contributed by atoms with Gasteiger partial charge in [0.2, 0.25) is 0 Å². The second kappa shape index (κ2) is 7.21. The maximum atomic E-state index is 11.2. The van der Waals surface area contributed by atoms with Gasteiger partial charge in [-0.1, -0.05) is 42.5 Å². The molecule has 0 aromatic heterocycles. The zero-order valence-electron chi connectivity index (χ0n) is 12.9. The molecule has 0 atom stereocenters. The first-order valence-electron chi connectivity index (χ1n) is 7.75. The van der Waals surface area contributed by atoms with E-state index in [1.54, 1.807) is 18.2 Å². The minimum atomic E-state index is -0.330. The monoisotopic (exact) mass is 312 g/mol. The second-order valence-corrected chi connectivity index (χ2v) is 5.57. The van der Waals surface area contributed by atoms with E-state index in [1.165, 1.54) is 5.56 Å². The van der Waals surface area contributed by atoms with Gasteiger partial charge in [0.25, 0.3) is 5.69 Å². The van der Waals surface area contributed by atoms with Gasteiger partial charge in [0, 0.05) is 38.8 Å². The third kappa shape index (κ3) is 3.85. The van der Waals surface area contributed by atoms with E-state index in [0.717, 1.165) is 26.2 Å². The van der Waals surface area contributed by atoms with Crippen LogP contribution >= 0.6 is 0 Å². The Morgan fingerprint density at radius 3 is 2.52 bits per heavy atom. The summed E-state index contributed by atoms with van der Waals surface area (Å²) in [5.74, 6) is 0. The number of para-hydroxylation sites is 2. The van der Waals surface area contributed by atoms with Gasteiger partial charge in [-0.3, -0.25) is 15.0 Å². The van der Waals surface area contributed by atoms with Crippen LogP contribution in [0, 0.1) is 10.1 Å². The molecule has 1 heterocycles. The Hall–Kier alpha value is -2.44. The molecule has 6 heteroatoms. The third-order valence-corrected chi connectivity index (χ3v) is 3.99. The van der Waals surface area contributed by atoms with Crippen LogP contribution in [0.2, 0.25) is 0 Å². The Morgan fingerprint density at radius 2 is 1.74 bits per heavy atom. The van der Waals surface area contributed by atoms with Crippen molar-refractivity contribution in [3.8, 4) is 0 Å². The van der Waals surface area contributed by atoms with Crippen molar-refractivity contribution in [2.24, 2.45) is 0 Å². The highest BCUT2D eigenvalue weighted by Gasteiger charge is 2.21. The molecule has 0 bridgehead atoms. The number of anilines is 1. The molecule has 1 aliphatic heterocycles. The lowest BCUT2D eigenvalue weighted by atomic mass is 10.2. The van der Waals surface area contributed by atoms with Crippen molar-refractivity contribution >= 4 is 11.4 Å². The van der Waals surface area contributed by atoms with Crippen LogP contribution in [-0.4, -0.2) is 36.0 Å². The van der Waals surface area contributed by atoms with Crippen LogP contribution in [0.25, 0.3) is 0 Å². The van der Waals surface area contributed by atoms with E-state index in [9.17, 15) is 10.1 Å². The molecule has 1 N–H and O–H groups in total. The standard InChI is InChI=1S/C17H20N4O2/c22-21(23)17-9-5-4-8-16(17)20-13-12-19(11-10-18-20)14-15-6-2-1-3-7-15/h1-9,18H,10-14H2. The van der Waals surface area contributed by atoms with Crippen molar-refractivity contribution in [2.75, 3.05) is 31.2 Å². The highest BCUT2D eigenvalue weighted by Crippen LogP contribution is 2.26. The van der Waals surface area contributed by atoms with Crippen LogP contribution in [0.5, 0.6) is 0 Å². The summed E-state index contributed by atoms with van der Waals surface area (Å²) in [4.78, 5) is 13.2. The van der Waals surface area contributed by atoms with Crippen molar-refractivity contribution in [3.05, 3.63) is 70.3 Å². The number of rotatable bonds is 4. The Balaban J connectivity index is 1.68. The average molecular weight is 312 g/mol. The van der Waals surface area contributed by atoms with Gasteiger partial charge in [-0.05, 0) is 11.6 Å². The van der Waals surface area contributed by atoms with Crippen LogP contribution in [-0.2, 0) is 6.54 Å². The van der Waals surface area contributed by atoms with Crippen molar-refractivity contribution in [1.29, 1.82) is 0 Å². The van der Waals surface area contributed by atoms with Crippen molar-refractivity contribution in [1.82, 2.24) is 10.3 Å². The Kier molecular flexibility index (Phi) is 4.85. The molecule has 3 rings (SSSR count). The summed E-state index contributed by atoms with van der Waals surface area (Å²) in [6.07, 6.45) is 0. The van der Waals surface area contributed by atoms with Gasteiger partial charge < -0.3 is 5.01 Å². The largest absolute Gasteiger partial charge is 0.301 e. The molecule has 0 spiro atoms. The van der Waals surface area contributed by atoms with Crippen molar-refractivity contribution < 1.29 is 4.92 Å². The van der Waals surface area contributed by atoms with E-state index in [1.807, 2.05) is 29.3 Å². The summed E-state index contributed by atoms with van der Waals surface area (Å²) in [7, 11) is 0. The minimum absolute atomic E-state index is 0.136. The zero-order valence-corrected chi connectivity index (χ0v) is 12.9. The predicted molar refractivity (Wildman–Crippen MR) is 90.2 cm³/mol. The lowest BCUT2D eigenvalue weighted by Crippen LogP contribution is -2.39. The first-order valence-corrected chi connectivity index (χ1v) is 7.75. The van der Waals surface area contributed by atoms with E-state index in [0.29, 0.717) is 12.2 Å². The molecular weight excluding hydrogens is 292 g/mol. The number of nitrogens with one attached hydrogen (secondary N) is 1. The number of nitro groups is 1. The van der Waals surface area contributed by atoms with Gasteiger partial charge in [0.15, 0.2) is 0 Å². The van der Waals surface area contributed by atoms with Crippen molar-refractivity contribution in [2.45, 2.75) is 6.54 Å². The molecule has 6 nitrogen and oxygen atoms in total. The van der Waals surface area contributed by atoms with E-state index in [4.69, 9.17) is 0 Å². The Morgan fingerprint density at radius 1 is 1.00 bits per heavy atom. The summed E-state index contributed by atoms with van der Waals surface area (Å²) < 4.78 is 0. The lowest BCUT2D eigenvalue weighted by molar-refractivity contribution is -0.384. The normalized spacial score (nSPS) is 16.1. The topological polar surface area (TPSA) is 61.7 Å². The lowest BCUT2D eigenvalue weighted by Gasteiger charge is -2.23. The molecule has 1 fully saturated rings. The third-order valence-electron chi connectivity index (χ3n) is 3.99. The SMILES string of the molecule is O=[N+]([O-])c1ccccc1N1CCN(Cc2ccccc2)CCN1. The van der Waals surface area contributed by atoms with E-state index in [2.05, 4.69) is 22.5 Å². The molecule has 120 valence electrons. The average Bonchev–Trinajstić information content (AvgIpc) is 2.81. The number of hydrogen-bond acceptors (Lipinski definition) is 5. The molecule has 1 aliphatic rings. The van der Waals surface area contributed by atoms with Crippen LogP contribution in [0.4, 0.5) is 11.4 Å². The van der Waals surface area contributed by atoms with Gasteiger partial charge in [0.05, 0.1) is 4.92 Å². The highest BCUT2D eigenvalue weighted by atomic mass is 16.6. The summed E-state index contributed by atoms with van der Waals surface area (Å²) in [6.45, 7) is 4.13. The van der Waals surface area contributed by atoms with E-state index < -0.39 is 0 Å². The Bertz CT molecular complexity index is 663. The van der Waals surface area contributed by atoms with E-state index >= 15 is 0 Å². The van der Waals surface area contributed by atoms with E-state index in [-0.39, 0.29) is 10.6 Å². The van der Waals surface area contributed by atoms with Gasteiger partial charge in [-0.25, -0.2) is 5.43 Å².